The van der Waals surface area contributed by atoms with E-state index in [0.717, 1.165) is 16.9 Å². The molecule has 64 valence electrons. The molecular weight excluding hydrogens is 150 g/mol. The Labute approximate surface area is 71.9 Å². The summed E-state index contributed by atoms with van der Waals surface area (Å²) in [5.41, 5.74) is 2.73. The van der Waals surface area contributed by atoms with Gasteiger partial charge in [0.15, 0.2) is 5.65 Å². The van der Waals surface area contributed by atoms with Gasteiger partial charge in [0.1, 0.15) is 5.52 Å². The molecule has 3 heteroatoms. The Balaban J connectivity index is 0.000000336. The fourth-order valence-electron chi connectivity index (χ4n) is 0.923. The van der Waals surface area contributed by atoms with Crippen LogP contribution in [0.2, 0.25) is 0 Å². The maximum absolute atomic E-state index is 4.24. The summed E-state index contributed by atoms with van der Waals surface area (Å²) in [6.07, 6.45) is 3.59. The lowest BCUT2D eigenvalue weighted by atomic mass is 10.4. The van der Waals surface area contributed by atoms with E-state index in [1.54, 1.807) is 6.20 Å². The van der Waals surface area contributed by atoms with Gasteiger partial charge in [-0.15, -0.1) is 0 Å². The van der Waals surface area contributed by atoms with Crippen molar-refractivity contribution in [3.05, 3.63) is 24.2 Å². The molecule has 0 amide bonds. The molecule has 0 fully saturated rings. The van der Waals surface area contributed by atoms with Crippen molar-refractivity contribution in [1.29, 1.82) is 0 Å². The van der Waals surface area contributed by atoms with Crippen molar-refractivity contribution in [2.45, 2.75) is 20.8 Å². The SMILES string of the molecule is CC.Cc1cnc2[nH]ccc2n1. The van der Waals surface area contributed by atoms with E-state index >= 15 is 0 Å². The van der Waals surface area contributed by atoms with Crippen LogP contribution in [-0.2, 0) is 0 Å². The van der Waals surface area contributed by atoms with Crippen LogP contribution in [-0.4, -0.2) is 15.0 Å². The lowest BCUT2D eigenvalue weighted by Crippen LogP contribution is -1.83. The van der Waals surface area contributed by atoms with Crippen LogP contribution in [0.3, 0.4) is 0 Å². The molecular formula is C9H13N3. The minimum absolute atomic E-state index is 0.852. The molecule has 2 rings (SSSR count). The fraction of sp³-hybridized carbons (Fsp3) is 0.333. The van der Waals surface area contributed by atoms with Gasteiger partial charge in [0.25, 0.3) is 0 Å². The molecule has 0 spiro atoms. The highest BCUT2D eigenvalue weighted by atomic mass is 14.9. The molecule has 0 saturated heterocycles. The van der Waals surface area contributed by atoms with Crippen LogP contribution < -0.4 is 0 Å². The number of hydrogen-bond donors (Lipinski definition) is 1. The second kappa shape index (κ2) is 3.85. The summed E-state index contributed by atoms with van der Waals surface area (Å²) < 4.78 is 0. The maximum atomic E-state index is 4.24. The first-order valence-electron chi connectivity index (χ1n) is 4.13. The van der Waals surface area contributed by atoms with Gasteiger partial charge >= 0.3 is 0 Å². The van der Waals surface area contributed by atoms with Crippen LogP contribution in [0.25, 0.3) is 11.2 Å². The standard InChI is InChI=1S/C7H7N3.C2H6/c1-5-4-9-7-6(10-5)2-3-8-7;1-2/h2-4H,1H3,(H,8,9);1-2H3. The van der Waals surface area contributed by atoms with Crippen LogP contribution >= 0.6 is 0 Å². The van der Waals surface area contributed by atoms with Crippen LogP contribution in [0.4, 0.5) is 0 Å². The fourth-order valence-corrected chi connectivity index (χ4v) is 0.923. The second-order valence-corrected chi connectivity index (χ2v) is 2.22. The van der Waals surface area contributed by atoms with Crippen molar-refractivity contribution in [3.63, 3.8) is 0 Å². The first kappa shape index (κ1) is 8.71. The number of fused-ring (bicyclic) bond motifs is 1. The summed E-state index contributed by atoms with van der Waals surface area (Å²) in [5, 5.41) is 0. The first-order chi connectivity index (χ1) is 5.86. The molecule has 0 atom stereocenters. The van der Waals surface area contributed by atoms with Gasteiger partial charge in [-0.25, -0.2) is 9.97 Å². The zero-order valence-corrected chi connectivity index (χ0v) is 7.63. The molecule has 2 aromatic rings. The molecule has 1 N–H and O–H groups in total. The van der Waals surface area contributed by atoms with Crippen LogP contribution in [0, 0.1) is 6.92 Å². The Kier molecular flexibility index (Phi) is 2.80. The van der Waals surface area contributed by atoms with Gasteiger partial charge in [0.05, 0.1) is 11.9 Å². The minimum Gasteiger partial charge on any atom is -0.345 e. The number of rotatable bonds is 0. The molecule has 0 aliphatic carbocycles. The predicted molar refractivity (Wildman–Crippen MR) is 50.0 cm³/mol. The van der Waals surface area contributed by atoms with E-state index in [4.69, 9.17) is 0 Å². The molecule has 0 radical (unpaired) electrons. The van der Waals surface area contributed by atoms with E-state index in [0.29, 0.717) is 0 Å². The largest absolute Gasteiger partial charge is 0.345 e. The molecule has 0 aromatic carbocycles. The number of nitrogens with zero attached hydrogens (tertiary/aromatic N) is 2. The van der Waals surface area contributed by atoms with Gasteiger partial charge in [0, 0.05) is 6.20 Å². The number of H-pyrrole nitrogens is 1. The summed E-state index contributed by atoms with van der Waals surface area (Å²) in [5.74, 6) is 0. The zero-order valence-electron chi connectivity index (χ0n) is 7.63. The number of aromatic amines is 1. The molecule has 0 aliphatic rings. The van der Waals surface area contributed by atoms with Gasteiger partial charge in [-0.3, -0.25) is 0 Å². The van der Waals surface area contributed by atoms with Crippen molar-refractivity contribution in [2.24, 2.45) is 0 Å². The molecule has 12 heavy (non-hydrogen) atoms. The summed E-state index contributed by atoms with van der Waals surface area (Å²) in [4.78, 5) is 11.3. The van der Waals surface area contributed by atoms with Crippen molar-refractivity contribution in [3.8, 4) is 0 Å². The van der Waals surface area contributed by atoms with E-state index < -0.39 is 0 Å². The van der Waals surface area contributed by atoms with E-state index in [1.165, 1.54) is 0 Å². The number of aryl methyl sites for hydroxylation is 1. The van der Waals surface area contributed by atoms with E-state index in [-0.39, 0.29) is 0 Å². The smallest absolute Gasteiger partial charge is 0.155 e. The number of hydrogen-bond acceptors (Lipinski definition) is 2. The molecule has 2 aromatic heterocycles. The number of nitrogens with one attached hydrogen (secondary N) is 1. The number of aromatic nitrogens is 3. The summed E-state index contributed by atoms with van der Waals surface area (Å²) in [7, 11) is 0. The van der Waals surface area contributed by atoms with E-state index in [1.807, 2.05) is 33.0 Å². The summed E-state index contributed by atoms with van der Waals surface area (Å²) in [6, 6.07) is 1.91. The molecule has 3 nitrogen and oxygen atoms in total. The minimum atomic E-state index is 0.852. The quantitative estimate of drug-likeness (QED) is 0.647. The monoisotopic (exact) mass is 163 g/mol. The first-order valence-corrected chi connectivity index (χ1v) is 4.13. The van der Waals surface area contributed by atoms with Gasteiger partial charge in [-0.2, -0.15) is 0 Å². The second-order valence-electron chi connectivity index (χ2n) is 2.22. The lowest BCUT2D eigenvalue weighted by Gasteiger charge is -1.88. The third kappa shape index (κ3) is 1.61. The Hall–Kier alpha value is -1.38. The highest BCUT2D eigenvalue weighted by Crippen LogP contribution is 2.04. The summed E-state index contributed by atoms with van der Waals surface area (Å²) >= 11 is 0. The molecule has 2 heterocycles. The Morgan fingerprint density at radius 2 is 2.08 bits per heavy atom. The average molecular weight is 163 g/mol. The normalized spacial score (nSPS) is 9.25. The van der Waals surface area contributed by atoms with Gasteiger partial charge in [-0.1, -0.05) is 13.8 Å². The molecule has 0 aliphatic heterocycles. The Morgan fingerprint density at radius 1 is 1.33 bits per heavy atom. The summed E-state index contributed by atoms with van der Waals surface area (Å²) in [6.45, 7) is 5.93. The van der Waals surface area contributed by atoms with Crippen LogP contribution in [0.15, 0.2) is 18.5 Å². The highest BCUT2D eigenvalue weighted by molar-refractivity contribution is 5.69. The topological polar surface area (TPSA) is 41.6 Å². The van der Waals surface area contributed by atoms with E-state index in [9.17, 15) is 0 Å². The van der Waals surface area contributed by atoms with Gasteiger partial charge in [0.2, 0.25) is 0 Å². The lowest BCUT2D eigenvalue weighted by molar-refractivity contribution is 1.17. The van der Waals surface area contributed by atoms with Crippen LogP contribution in [0.1, 0.15) is 19.5 Å². The predicted octanol–water partition coefficient (Wildman–Crippen LogP) is 2.29. The molecule has 0 saturated carbocycles. The van der Waals surface area contributed by atoms with E-state index in [2.05, 4.69) is 15.0 Å². The van der Waals surface area contributed by atoms with Crippen molar-refractivity contribution < 1.29 is 0 Å². The van der Waals surface area contributed by atoms with Crippen molar-refractivity contribution >= 4 is 11.2 Å². The van der Waals surface area contributed by atoms with Crippen molar-refractivity contribution in [2.75, 3.05) is 0 Å². The molecule has 0 bridgehead atoms. The Bertz CT molecular complexity index is 351. The van der Waals surface area contributed by atoms with Gasteiger partial charge in [-0.05, 0) is 13.0 Å². The van der Waals surface area contributed by atoms with Gasteiger partial charge < -0.3 is 4.98 Å². The Morgan fingerprint density at radius 3 is 2.83 bits per heavy atom. The third-order valence-corrected chi connectivity index (χ3v) is 1.38. The molecule has 0 unspecified atom stereocenters. The average Bonchev–Trinajstić information content (AvgIpc) is 2.54. The highest BCUT2D eigenvalue weighted by Gasteiger charge is 1.94. The van der Waals surface area contributed by atoms with Crippen LogP contribution in [0.5, 0.6) is 0 Å². The maximum Gasteiger partial charge on any atom is 0.155 e. The third-order valence-electron chi connectivity index (χ3n) is 1.38. The van der Waals surface area contributed by atoms with Crippen molar-refractivity contribution in [1.82, 2.24) is 15.0 Å². The zero-order chi connectivity index (χ0) is 8.97.